The van der Waals surface area contributed by atoms with Gasteiger partial charge in [0.05, 0.1) is 6.61 Å². The fourth-order valence-electron chi connectivity index (χ4n) is 3.95. The lowest BCUT2D eigenvalue weighted by Crippen LogP contribution is -2.63. The number of alkyl halides is 9. The first kappa shape index (κ1) is 35.3. The zero-order valence-corrected chi connectivity index (χ0v) is 23.7. The fraction of sp³-hybridized carbons (Fsp3) is 0.615. The second-order valence-corrected chi connectivity index (χ2v) is 13.2. The van der Waals surface area contributed by atoms with Crippen LogP contribution in [-0.2, 0) is 21.0 Å². The predicted molar refractivity (Wildman–Crippen MR) is 138 cm³/mol. The summed E-state index contributed by atoms with van der Waals surface area (Å²) in [4.78, 5) is 1.56. The van der Waals surface area contributed by atoms with Crippen LogP contribution < -0.4 is 4.74 Å². The van der Waals surface area contributed by atoms with Gasteiger partial charge < -0.3 is 9.29 Å². The van der Waals surface area contributed by atoms with Crippen LogP contribution in [0.2, 0.25) is 0 Å². The Morgan fingerprint density at radius 1 is 0.780 bits per heavy atom. The summed E-state index contributed by atoms with van der Waals surface area (Å²) < 4.78 is 141. The largest absolute Gasteiger partial charge is 0.743 e. The molecule has 0 saturated carbocycles. The van der Waals surface area contributed by atoms with E-state index in [0.29, 0.717) is 10.9 Å². The zero-order valence-electron chi connectivity index (χ0n) is 22.1. The molecular weight excluding hydrogens is 611 g/mol. The molecule has 4 nitrogen and oxygen atoms in total. The van der Waals surface area contributed by atoms with Crippen molar-refractivity contribution in [3.63, 3.8) is 0 Å². The Morgan fingerprint density at radius 2 is 1.32 bits per heavy atom. The fourth-order valence-corrected chi connectivity index (χ4v) is 6.73. The van der Waals surface area contributed by atoms with Crippen LogP contribution in [0.3, 0.4) is 0 Å². The molecule has 2 aromatic rings. The van der Waals surface area contributed by atoms with E-state index in [2.05, 4.69) is 43.3 Å². The van der Waals surface area contributed by atoms with E-state index in [0.717, 1.165) is 12.4 Å². The number of ether oxygens (including phenoxy) is 1. The summed E-state index contributed by atoms with van der Waals surface area (Å²) in [7, 11) is -6.91. The molecule has 0 N–H and O–H groups in total. The van der Waals surface area contributed by atoms with Gasteiger partial charge in [0, 0.05) is 17.0 Å². The Hall–Kier alpha value is -1.87. The van der Waals surface area contributed by atoms with Gasteiger partial charge in [0.15, 0.2) is 15.0 Å². The molecule has 15 heteroatoms. The Labute approximate surface area is 235 Å². The summed E-state index contributed by atoms with van der Waals surface area (Å²) in [6.45, 7) is 3.11. The summed E-state index contributed by atoms with van der Waals surface area (Å²) in [5.41, 5.74) is 0. The molecule has 3 rings (SSSR count). The summed E-state index contributed by atoms with van der Waals surface area (Å²) in [6.07, 6.45) is 3.52. The smallest absolute Gasteiger partial charge is 0.460 e. The molecule has 1 heterocycles. The number of unbranched alkanes of at least 4 members (excludes halogenated alkanes) is 5. The van der Waals surface area contributed by atoms with E-state index >= 15 is 0 Å². The first-order chi connectivity index (χ1) is 18.9. The highest BCUT2D eigenvalue weighted by atomic mass is 32.2. The average Bonchev–Trinajstić information content (AvgIpc) is 3.42. The van der Waals surface area contributed by atoms with Crippen LogP contribution in [0.15, 0.2) is 41.3 Å². The highest BCUT2D eigenvalue weighted by Gasteiger charge is 2.83. The van der Waals surface area contributed by atoms with E-state index in [4.69, 9.17) is 4.74 Å². The SMILES string of the molecule is CCCCCCCCOc1ccc2cc([S+]3CCCC3)ccc2c1.O=S(=O)([O-])C(F)(F)C(F)(F)C(F)(F)C(F)(F)F. The molecule has 0 unspecified atom stereocenters. The molecule has 41 heavy (non-hydrogen) atoms. The predicted octanol–water partition coefficient (Wildman–Crippen LogP) is 8.31. The molecule has 0 aliphatic carbocycles. The first-order valence-corrected chi connectivity index (χ1v) is 15.8. The minimum Gasteiger partial charge on any atom is -0.743 e. The summed E-state index contributed by atoms with van der Waals surface area (Å²) in [5.74, 6) is -11.0. The third-order valence-electron chi connectivity index (χ3n) is 6.34. The average molecular weight is 643 g/mol. The molecule has 1 saturated heterocycles. The maximum absolute atomic E-state index is 12.2. The Bertz CT molecular complexity index is 1230. The van der Waals surface area contributed by atoms with Crippen LogP contribution >= 0.6 is 0 Å². The Morgan fingerprint density at radius 3 is 1.88 bits per heavy atom. The van der Waals surface area contributed by atoms with E-state index in [9.17, 15) is 52.5 Å². The highest BCUT2D eigenvalue weighted by Crippen LogP contribution is 2.54. The summed E-state index contributed by atoms with van der Waals surface area (Å²) >= 11 is 0. The molecule has 2 aromatic carbocycles. The van der Waals surface area contributed by atoms with Crippen molar-refractivity contribution in [2.75, 3.05) is 18.1 Å². The standard InChI is InChI=1S/C22H31OS.C4HF9O3S/c1-2-3-4-5-6-7-14-23-21-12-10-20-18-22(13-11-19(20)17-21)24-15-8-9-16-24;5-1(6,3(9,10)11)2(7,8)4(12,13)17(14,15)16/h10-13,17-18H,2-9,14-16H2,1H3;(H,14,15,16)/q+1;/p-1. The normalized spacial score (nSPS) is 15.6. The van der Waals surface area contributed by atoms with Gasteiger partial charge in [-0.15, -0.1) is 0 Å². The molecule has 0 atom stereocenters. The van der Waals surface area contributed by atoms with Crippen molar-refractivity contribution in [2.24, 2.45) is 0 Å². The van der Waals surface area contributed by atoms with Gasteiger partial charge in [-0.3, -0.25) is 0 Å². The van der Waals surface area contributed by atoms with Crippen LogP contribution in [0.4, 0.5) is 39.5 Å². The number of hydrogen-bond donors (Lipinski definition) is 0. The quantitative estimate of drug-likeness (QED) is 0.101. The zero-order chi connectivity index (χ0) is 31.1. The molecule has 1 aliphatic heterocycles. The van der Waals surface area contributed by atoms with E-state index in [-0.39, 0.29) is 0 Å². The molecule has 0 radical (unpaired) electrons. The Kier molecular flexibility index (Phi) is 12.1. The van der Waals surface area contributed by atoms with Crippen LogP contribution in [-0.4, -0.2) is 54.4 Å². The van der Waals surface area contributed by atoms with Crippen LogP contribution in [0.25, 0.3) is 10.8 Å². The van der Waals surface area contributed by atoms with Crippen LogP contribution in [0, 0.1) is 0 Å². The van der Waals surface area contributed by atoms with Crippen molar-refractivity contribution in [3.8, 4) is 5.75 Å². The van der Waals surface area contributed by atoms with Crippen molar-refractivity contribution in [1.29, 1.82) is 0 Å². The number of fused-ring (bicyclic) bond motifs is 1. The number of rotatable bonds is 12. The van der Waals surface area contributed by atoms with E-state index in [1.165, 1.54) is 73.6 Å². The summed E-state index contributed by atoms with van der Waals surface area (Å²) in [5, 5.41) is -4.44. The number of hydrogen-bond acceptors (Lipinski definition) is 4. The number of halogens is 9. The van der Waals surface area contributed by atoms with Crippen molar-refractivity contribution < 1.29 is 57.2 Å². The maximum atomic E-state index is 12.2. The van der Waals surface area contributed by atoms with Gasteiger partial charge >= 0.3 is 23.3 Å². The summed E-state index contributed by atoms with van der Waals surface area (Å²) in [6, 6.07) is 13.6. The monoisotopic (exact) mass is 642 g/mol. The highest BCUT2D eigenvalue weighted by molar-refractivity contribution is 7.97. The third kappa shape index (κ3) is 8.59. The second kappa shape index (κ2) is 14.1. The van der Waals surface area contributed by atoms with Gasteiger partial charge in [-0.1, -0.05) is 45.1 Å². The minimum atomic E-state index is -7.43. The molecule has 1 fully saturated rings. The van der Waals surface area contributed by atoms with Crippen molar-refractivity contribution in [1.82, 2.24) is 0 Å². The van der Waals surface area contributed by atoms with Gasteiger partial charge in [0.2, 0.25) is 0 Å². The topological polar surface area (TPSA) is 66.4 Å². The van der Waals surface area contributed by atoms with Gasteiger partial charge in [0.25, 0.3) is 0 Å². The lowest BCUT2D eigenvalue weighted by molar-refractivity contribution is -0.382. The molecular formula is C26H31F9O4S2. The van der Waals surface area contributed by atoms with Gasteiger partial charge in [-0.25, -0.2) is 8.42 Å². The van der Waals surface area contributed by atoms with Crippen molar-refractivity contribution >= 4 is 31.8 Å². The number of benzene rings is 2. The van der Waals surface area contributed by atoms with Gasteiger partial charge in [-0.2, -0.15) is 39.5 Å². The minimum absolute atomic E-state index is 0.507. The maximum Gasteiger partial charge on any atom is 0.460 e. The first-order valence-electron chi connectivity index (χ1n) is 12.9. The van der Waals surface area contributed by atoms with Crippen molar-refractivity contribution in [2.45, 2.75) is 86.5 Å². The second-order valence-electron chi connectivity index (χ2n) is 9.51. The van der Waals surface area contributed by atoms with E-state index in [1.807, 2.05) is 0 Å². The van der Waals surface area contributed by atoms with Crippen LogP contribution in [0.1, 0.15) is 58.3 Å². The Balaban J connectivity index is 0.000000307. The van der Waals surface area contributed by atoms with Gasteiger partial charge in [0.1, 0.15) is 17.3 Å². The molecule has 0 amide bonds. The molecule has 0 spiro atoms. The lowest BCUT2D eigenvalue weighted by Gasteiger charge is -2.34. The third-order valence-corrected chi connectivity index (χ3v) is 9.71. The van der Waals surface area contributed by atoms with Gasteiger partial charge in [-0.05, 0) is 54.3 Å². The van der Waals surface area contributed by atoms with Crippen LogP contribution in [0.5, 0.6) is 5.75 Å². The van der Waals surface area contributed by atoms with E-state index < -0.39 is 33.4 Å². The molecule has 0 bridgehead atoms. The molecule has 234 valence electrons. The lowest BCUT2D eigenvalue weighted by atomic mass is 10.1. The van der Waals surface area contributed by atoms with Crippen molar-refractivity contribution in [3.05, 3.63) is 36.4 Å². The molecule has 0 aromatic heterocycles. The molecule has 1 aliphatic rings. The van der Waals surface area contributed by atoms with E-state index in [1.54, 1.807) is 4.90 Å².